The molecule has 90 valence electrons. The maximum atomic E-state index is 10.2. The number of nitrogens with zero attached hydrogens (tertiary/aromatic N) is 5. The zero-order valence-corrected chi connectivity index (χ0v) is 9.72. The van der Waals surface area contributed by atoms with Crippen LogP contribution < -0.4 is 0 Å². The van der Waals surface area contributed by atoms with Gasteiger partial charge in [0.25, 0.3) is 0 Å². The minimum Gasteiger partial charge on any atom is -0.380 e. The zero-order chi connectivity index (χ0) is 12.5. The van der Waals surface area contributed by atoms with Crippen molar-refractivity contribution in [3.8, 4) is 0 Å². The van der Waals surface area contributed by atoms with Crippen molar-refractivity contribution in [1.29, 1.82) is 0 Å². The van der Waals surface area contributed by atoms with Crippen LogP contribution in [0.1, 0.15) is 17.5 Å². The molecular formula is C12H11N5O. The first-order chi connectivity index (χ1) is 8.75. The first-order valence-electron chi connectivity index (χ1n) is 5.50. The first kappa shape index (κ1) is 10.8. The number of para-hydroxylation sites is 2. The highest BCUT2D eigenvalue weighted by Crippen LogP contribution is 2.19. The SMILES string of the molecule is Cn1nncc1C(O)c1cnc2ccccc2n1. The molecule has 1 N–H and O–H groups in total. The molecule has 0 saturated carbocycles. The molecule has 2 heterocycles. The van der Waals surface area contributed by atoms with Crippen LogP contribution in [-0.4, -0.2) is 30.1 Å². The quantitative estimate of drug-likeness (QED) is 0.719. The summed E-state index contributed by atoms with van der Waals surface area (Å²) >= 11 is 0. The molecule has 6 nitrogen and oxygen atoms in total. The van der Waals surface area contributed by atoms with Gasteiger partial charge >= 0.3 is 0 Å². The lowest BCUT2D eigenvalue weighted by molar-refractivity contribution is 0.205. The predicted octanol–water partition coefficient (Wildman–Crippen LogP) is 0.840. The summed E-state index contributed by atoms with van der Waals surface area (Å²) in [5.74, 6) is 0. The highest BCUT2D eigenvalue weighted by atomic mass is 16.3. The molecule has 3 aromatic rings. The topological polar surface area (TPSA) is 76.7 Å². The second-order valence-electron chi connectivity index (χ2n) is 3.97. The highest BCUT2D eigenvalue weighted by Gasteiger charge is 2.16. The second kappa shape index (κ2) is 4.15. The normalized spacial score (nSPS) is 12.8. The van der Waals surface area contributed by atoms with Crippen LogP contribution >= 0.6 is 0 Å². The Morgan fingerprint density at radius 3 is 2.67 bits per heavy atom. The summed E-state index contributed by atoms with van der Waals surface area (Å²) in [6.07, 6.45) is 2.21. The Labute approximate surface area is 103 Å². The minimum atomic E-state index is -0.873. The Morgan fingerprint density at radius 2 is 1.94 bits per heavy atom. The summed E-state index contributed by atoms with van der Waals surface area (Å²) in [4.78, 5) is 8.66. The van der Waals surface area contributed by atoms with Gasteiger partial charge in [0.05, 0.1) is 34.8 Å². The fourth-order valence-electron chi connectivity index (χ4n) is 1.80. The predicted molar refractivity (Wildman–Crippen MR) is 64.6 cm³/mol. The number of aliphatic hydroxyl groups excluding tert-OH is 1. The van der Waals surface area contributed by atoms with Gasteiger partial charge in [0, 0.05) is 7.05 Å². The molecule has 1 aromatic carbocycles. The molecule has 2 aromatic heterocycles. The summed E-state index contributed by atoms with van der Waals surface area (Å²) in [5, 5.41) is 17.7. The van der Waals surface area contributed by atoms with Gasteiger partial charge in [0.15, 0.2) is 0 Å². The Bertz CT molecular complexity index is 694. The zero-order valence-electron chi connectivity index (χ0n) is 9.72. The van der Waals surface area contributed by atoms with Gasteiger partial charge in [0.1, 0.15) is 6.10 Å². The van der Waals surface area contributed by atoms with Crippen LogP contribution in [-0.2, 0) is 7.05 Å². The van der Waals surface area contributed by atoms with Gasteiger partial charge in [-0.3, -0.25) is 4.98 Å². The first-order valence-corrected chi connectivity index (χ1v) is 5.50. The third-order valence-corrected chi connectivity index (χ3v) is 2.78. The van der Waals surface area contributed by atoms with E-state index in [-0.39, 0.29) is 0 Å². The van der Waals surface area contributed by atoms with E-state index in [1.54, 1.807) is 13.2 Å². The molecule has 0 aliphatic carbocycles. The number of aromatic nitrogens is 5. The van der Waals surface area contributed by atoms with E-state index in [4.69, 9.17) is 0 Å². The van der Waals surface area contributed by atoms with E-state index in [1.807, 2.05) is 24.3 Å². The number of hydrogen-bond donors (Lipinski definition) is 1. The van der Waals surface area contributed by atoms with E-state index in [0.29, 0.717) is 11.4 Å². The van der Waals surface area contributed by atoms with Crippen molar-refractivity contribution in [3.63, 3.8) is 0 Å². The van der Waals surface area contributed by atoms with Gasteiger partial charge < -0.3 is 5.11 Å². The second-order valence-corrected chi connectivity index (χ2v) is 3.97. The molecule has 1 unspecified atom stereocenters. The Kier molecular flexibility index (Phi) is 2.49. The molecule has 1 atom stereocenters. The van der Waals surface area contributed by atoms with Gasteiger partial charge in [-0.1, -0.05) is 17.3 Å². The van der Waals surface area contributed by atoms with Gasteiger partial charge in [-0.25, -0.2) is 9.67 Å². The van der Waals surface area contributed by atoms with E-state index in [2.05, 4.69) is 20.3 Å². The van der Waals surface area contributed by atoms with Gasteiger partial charge in [0.2, 0.25) is 0 Å². The molecule has 0 spiro atoms. The van der Waals surface area contributed by atoms with Crippen LogP contribution in [0.2, 0.25) is 0 Å². The molecule has 3 rings (SSSR count). The van der Waals surface area contributed by atoms with E-state index in [0.717, 1.165) is 11.0 Å². The van der Waals surface area contributed by atoms with Crippen molar-refractivity contribution >= 4 is 11.0 Å². The van der Waals surface area contributed by atoms with Crippen LogP contribution in [0.15, 0.2) is 36.7 Å². The van der Waals surface area contributed by atoms with E-state index in [9.17, 15) is 5.11 Å². The molecule has 0 saturated heterocycles. The van der Waals surface area contributed by atoms with Crippen LogP contribution in [0.3, 0.4) is 0 Å². The number of benzene rings is 1. The summed E-state index contributed by atoms with van der Waals surface area (Å²) < 4.78 is 1.52. The molecule has 0 aliphatic rings. The number of aryl methyl sites for hydroxylation is 1. The lowest BCUT2D eigenvalue weighted by Crippen LogP contribution is -2.08. The Morgan fingerprint density at radius 1 is 1.17 bits per heavy atom. The van der Waals surface area contributed by atoms with Crippen LogP contribution in [0.25, 0.3) is 11.0 Å². The summed E-state index contributed by atoms with van der Waals surface area (Å²) in [6.45, 7) is 0. The Balaban J connectivity index is 2.07. The lowest BCUT2D eigenvalue weighted by Gasteiger charge is -2.09. The van der Waals surface area contributed by atoms with Crippen LogP contribution in [0.4, 0.5) is 0 Å². The average Bonchev–Trinajstić information content (AvgIpc) is 2.83. The van der Waals surface area contributed by atoms with E-state index < -0.39 is 6.10 Å². The third-order valence-electron chi connectivity index (χ3n) is 2.78. The minimum absolute atomic E-state index is 0.485. The largest absolute Gasteiger partial charge is 0.380 e. The van der Waals surface area contributed by atoms with Gasteiger partial charge in [-0.05, 0) is 12.1 Å². The fraction of sp³-hybridized carbons (Fsp3) is 0.167. The van der Waals surface area contributed by atoms with Crippen molar-refractivity contribution in [2.45, 2.75) is 6.10 Å². The van der Waals surface area contributed by atoms with Gasteiger partial charge in [-0.2, -0.15) is 0 Å². The van der Waals surface area contributed by atoms with E-state index in [1.165, 1.54) is 10.9 Å². The maximum Gasteiger partial charge on any atom is 0.141 e. The van der Waals surface area contributed by atoms with Crippen molar-refractivity contribution < 1.29 is 5.11 Å². The molecule has 18 heavy (non-hydrogen) atoms. The summed E-state index contributed by atoms with van der Waals surface area (Å²) in [7, 11) is 1.72. The smallest absolute Gasteiger partial charge is 0.141 e. The number of fused-ring (bicyclic) bond motifs is 1. The summed E-state index contributed by atoms with van der Waals surface area (Å²) in [6, 6.07) is 7.53. The molecule has 0 radical (unpaired) electrons. The van der Waals surface area contributed by atoms with Crippen molar-refractivity contribution in [2.24, 2.45) is 7.05 Å². The molecular weight excluding hydrogens is 230 g/mol. The van der Waals surface area contributed by atoms with Crippen LogP contribution in [0.5, 0.6) is 0 Å². The van der Waals surface area contributed by atoms with Crippen molar-refractivity contribution in [2.75, 3.05) is 0 Å². The molecule has 0 amide bonds. The van der Waals surface area contributed by atoms with Crippen molar-refractivity contribution in [1.82, 2.24) is 25.0 Å². The summed E-state index contributed by atoms with van der Waals surface area (Å²) in [5.41, 5.74) is 2.62. The molecule has 0 bridgehead atoms. The highest BCUT2D eigenvalue weighted by molar-refractivity contribution is 5.73. The number of rotatable bonds is 2. The maximum absolute atomic E-state index is 10.2. The standard InChI is InChI=1S/C12H11N5O/c1-17-11(7-14-16-17)12(18)10-6-13-8-4-2-3-5-9(8)15-10/h2-7,12,18H,1H3. The number of hydrogen-bond acceptors (Lipinski definition) is 5. The average molecular weight is 241 g/mol. The van der Waals surface area contributed by atoms with Gasteiger partial charge in [-0.15, -0.1) is 5.10 Å². The van der Waals surface area contributed by atoms with Crippen molar-refractivity contribution in [3.05, 3.63) is 48.0 Å². The molecule has 0 aliphatic heterocycles. The number of aliphatic hydroxyl groups is 1. The fourth-order valence-corrected chi connectivity index (χ4v) is 1.80. The third kappa shape index (κ3) is 1.72. The molecule has 0 fully saturated rings. The monoisotopic (exact) mass is 241 g/mol. The Hall–Kier alpha value is -2.34. The van der Waals surface area contributed by atoms with Crippen LogP contribution in [0, 0.1) is 0 Å². The lowest BCUT2D eigenvalue weighted by atomic mass is 10.2. The van der Waals surface area contributed by atoms with E-state index >= 15 is 0 Å². The molecule has 6 heteroatoms.